The van der Waals surface area contributed by atoms with Gasteiger partial charge in [-0.1, -0.05) is 6.92 Å². The molecule has 1 fully saturated rings. The van der Waals surface area contributed by atoms with E-state index >= 15 is 0 Å². The molecule has 10 nitrogen and oxygen atoms in total. The summed E-state index contributed by atoms with van der Waals surface area (Å²) in [4.78, 5) is 39.4. The molecule has 3 rings (SSSR count). The number of aromatic nitrogens is 2. The lowest BCUT2D eigenvalue weighted by molar-refractivity contribution is -0.134. The fourth-order valence-corrected chi connectivity index (χ4v) is 3.53. The molecule has 1 aliphatic rings. The minimum Gasteiger partial charge on any atom is -0.494 e. The van der Waals surface area contributed by atoms with Crippen molar-refractivity contribution in [3.8, 4) is 11.5 Å². The zero-order chi connectivity index (χ0) is 22.6. The van der Waals surface area contributed by atoms with Gasteiger partial charge in [0.2, 0.25) is 5.91 Å². The van der Waals surface area contributed by atoms with E-state index < -0.39 is 29.9 Å². The van der Waals surface area contributed by atoms with Gasteiger partial charge in [0.1, 0.15) is 23.6 Å². The van der Waals surface area contributed by atoms with Crippen molar-refractivity contribution in [2.24, 2.45) is 7.05 Å². The minimum absolute atomic E-state index is 0.326. The Bertz CT molecular complexity index is 988. The number of benzene rings is 1. The Labute approximate surface area is 180 Å². The molecular formula is C21H27N5O5. The second kappa shape index (κ2) is 9.07. The van der Waals surface area contributed by atoms with Crippen molar-refractivity contribution in [3.05, 3.63) is 36.2 Å². The molecule has 1 aromatic heterocycles. The molecule has 0 unspecified atom stereocenters. The highest BCUT2D eigenvalue weighted by molar-refractivity contribution is 6.10. The van der Waals surface area contributed by atoms with E-state index in [9.17, 15) is 14.4 Å². The molecule has 2 aromatic rings. The second-order valence-electron chi connectivity index (χ2n) is 7.06. The van der Waals surface area contributed by atoms with Gasteiger partial charge >= 0.3 is 6.03 Å². The number of amides is 4. The standard InChI is InChI=1S/C21H27N5O5/c1-5-21(14-11-22-25(4)12-14)19(28)26(20(29)24-21)13-18(27)23-16-10-15(30-6-2)8-9-17(16)31-7-3/h8-12H,5-7,13H2,1-4H3,(H,23,27)(H,24,29)/t21-/m0/s1. The first kappa shape index (κ1) is 22.1. The van der Waals surface area contributed by atoms with Crippen LogP contribution < -0.4 is 20.1 Å². The SMILES string of the molecule is CCOc1ccc(OCC)c(NC(=O)CN2C(=O)N[C@@](CC)(c3cnn(C)c3)C2=O)c1. The van der Waals surface area contributed by atoms with Gasteiger partial charge in [0.15, 0.2) is 0 Å². The van der Waals surface area contributed by atoms with E-state index in [0.717, 1.165) is 4.90 Å². The van der Waals surface area contributed by atoms with Gasteiger partial charge in [0, 0.05) is 24.9 Å². The molecule has 31 heavy (non-hydrogen) atoms. The van der Waals surface area contributed by atoms with Crippen LogP contribution in [0.2, 0.25) is 0 Å². The predicted octanol–water partition coefficient (Wildman–Crippen LogP) is 2.01. The summed E-state index contributed by atoms with van der Waals surface area (Å²) in [5.41, 5.74) is -0.266. The number of hydrogen-bond acceptors (Lipinski definition) is 6. The number of urea groups is 1. The maximum atomic E-state index is 13.2. The molecule has 2 heterocycles. The monoisotopic (exact) mass is 429 g/mol. The Kier molecular flexibility index (Phi) is 6.47. The Morgan fingerprint density at radius 3 is 2.55 bits per heavy atom. The summed E-state index contributed by atoms with van der Waals surface area (Å²) in [6.45, 7) is 5.93. The summed E-state index contributed by atoms with van der Waals surface area (Å²) >= 11 is 0. The fraction of sp³-hybridized carbons (Fsp3) is 0.429. The number of ether oxygens (including phenoxy) is 2. The third-order valence-electron chi connectivity index (χ3n) is 5.04. The maximum Gasteiger partial charge on any atom is 0.325 e. The molecule has 166 valence electrons. The molecule has 1 atom stereocenters. The lowest BCUT2D eigenvalue weighted by Crippen LogP contribution is -2.44. The normalized spacial score (nSPS) is 18.1. The van der Waals surface area contributed by atoms with Gasteiger partial charge in [-0.25, -0.2) is 4.79 Å². The summed E-state index contributed by atoms with van der Waals surface area (Å²) in [6, 6.07) is 4.46. The number of rotatable bonds is 9. The first-order valence-corrected chi connectivity index (χ1v) is 10.2. The van der Waals surface area contributed by atoms with Crippen LogP contribution >= 0.6 is 0 Å². The van der Waals surface area contributed by atoms with Crippen LogP contribution in [0.4, 0.5) is 10.5 Å². The average Bonchev–Trinajstić information content (AvgIpc) is 3.27. The first-order chi connectivity index (χ1) is 14.8. The van der Waals surface area contributed by atoms with E-state index in [1.165, 1.54) is 0 Å². The van der Waals surface area contributed by atoms with E-state index in [0.29, 0.717) is 42.4 Å². The van der Waals surface area contributed by atoms with Gasteiger partial charge in [0.25, 0.3) is 5.91 Å². The maximum absolute atomic E-state index is 13.2. The number of anilines is 1. The number of imide groups is 1. The van der Waals surface area contributed by atoms with E-state index in [2.05, 4.69) is 15.7 Å². The molecule has 0 bridgehead atoms. The third kappa shape index (κ3) is 4.32. The molecule has 10 heteroatoms. The summed E-state index contributed by atoms with van der Waals surface area (Å²) in [5, 5.41) is 9.55. The van der Waals surface area contributed by atoms with Crippen LogP contribution in [-0.2, 0) is 22.2 Å². The summed E-state index contributed by atoms with van der Waals surface area (Å²) in [7, 11) is 1.73. The van der Waals surface area contributed by atoms with E-state index in [1.54, 1.807) is 49.2 Å². The molecule has 1 aromatic carbocycles. The van der Waals surface area contributed by atoms with Gasteiger partial charge < -0.3 is 20.1 Å². The third-order valence-corrected chi connectivity index (χ3v) is 5.04. The molecule has 0 radical (unpaired) electrons. The lowest BCUT2D eigenvalue weighted by atomic mass is 9.89. The van der Waals surface area contributed by atoms with Crippen LogP contribution in [0.1, 0.15) is 32.8 Å². The van der Waals surface area contributed by atoms with Gasteiger partial charge in [-0.3, -0.25) is 19.2 Å². The van der Waals surface area contributed by atoms with Gasteiger partial charge in [-0.05, 0) is 32.4 Å². The van der Waals surface area contributed by atoms with E-state index in [4.69, 9.17) is 9.47 Å². The Morgan fingerprint density at radius 2 is 1.94 bits per heavy atom. The van der Waals surface area contributed by atoms with Crippen molar-refractivity contribution in [3.63, 3.8) is 0 Å². The van der Waals surface area contributed by atoms with Crippen LogP contribution in [0.25, 0.3) is 0 Å². The van der Waals surface area contributed by atoms with Crippen LogP contribution in [0, 0.1) is 0 Å². The molecule has 1 saturated heterocycles. The number of carbonyl (C=O) groups excluding carboxylic acids is 3. The van der Waals surface area contributed by atoms with Crippen molar-refractivity contribution < 1.29 is 23.9 Å². The molecule has 4 amide bonds. The minimum atomic E-state index is -1.24. The van der Waals surface area contributed by atoms with Crippen molar-refractivity contribution >= 4 is 23.5 Å². The Balaban J connectivity index is 1.78. The van der Waals surface area contributed by atoms with Crippen LogP contribution in [0.15, 0.2) is 30.6 Å². The number of carbonyl (C=O) groups is 3. The average molecular weight is 429 g/mol. The molecule has 0 saturated carbocycles. The predicted molar refractivity (Wildman–Crippen MR) is 113 cm³/mol. The fourth-order valence-electron chi connectivity index (χ4n) is 3.53. The van der Waals surface area contributed by atoms with Crippen LogP contribution in [0.5, 0.6) is 11.5 Å². The van der Waals surface area contributed by atoms with E-state index in [1.807, 2.05) is 13.8 Å². The molecule has 0 aliphatic carbocycles. The summed E-state index contributed by atoms with van der Waals surface area (Å²) in [6.07, 6.45) is 3.55. The second-order valence-corrected chi connectivity index (χ2v) is 7.06. The van der Waals surface area contributed by atoms with Gasteiger partial charge in [0.05, 0.1) is 25.1 Å². The smallest absolute Gasteiger partial charge is 0.325 e. The quantitative estimate of drug-likeness (QED) is 0.590. The van der Waals surface area contributed by atoms with Crippen molar-refractivity contribution in [2.45, 2.75) is 32.7 Å². The highest BCUT2D eigenvalue weighted by Gasteiger charge is 2.52. The first-order valence-electron chi connectivity index (χ1n) is 10.2. The summed E-state index contributed by atoms with van der Waals surface area (Å²) < 4.78 is 12.6. The zero-order valence-corrected chi connectivity index (χ0v) is 18.1. The Morgan fingerprint density at radius 1 is 1.19 bits per heavy atom. The number of hydrogen-bond donors (Lipinski definition) is 2. The van der Waals surface area contributed by atoms with Crippen molar-refractivity contribution in [1.29, 1.82) is 0 Å². The largest absolute Gasteiger partial charge is 0.494 e. The number of nitrogens with one attached hydrogen (secondary N) is 2. The number of nitrogens with zero attached hydrogens (tertiary/aromatic N) is 3. The van der Waals surface area contributed by atoms with Gasteiger partial charge in [-0.15, -0.1) is 0 Å². The molecular weight excluding hydrogens is 402 g/mol. The summed E-state index contributed by atoms with van der Waals surface area (Å²) in [5.74, 6) is 0.0139. The van der Waals surface area contributed by atoms with Crippen LogP contribution in [-0.4, -0.2) is 52.3 Å². The lowest BCUT2D eigenvalue weighted by Gasteiger charge is -2.23. The topological polar surface area (TPSA) is 115 Å². The zero-order valence-electron chi connectivity index (χ0n) is 18.1. The number of aryl methyl sites for hydroxylation is 1. The van der Waals surface area contributed by atoms with Crippen molar-refractivity contribution in [1.82, 2.24) is 20.0 Å². The molecule has 2 N–H and O–H groups in total. The van der Waals surface area contributed by atoms with E-state index in [-0.39, 0.29) is 0 Å². The molecule has 0 spiro atoms. The Hall–Kier alpha value is -3.56. The van der Waals surface area contributed by atoms with Crippen LogP contribution in [0.3, 0.4) is 0 Å². The van der Waals surface area contributed by atoms with Crippen molar-refractivity contribution in [2.75, 3.05) is 25.1 Å². The highest BCUT2D eigenvalue weighted by atomic mass is 16.5. The molecule has 1 aliphatic heterocycles. The van der Waals surface area contributed by atoms with Gasteiger partial charge in [-0.2, -0.15) is 5.10 Å². The highest BCUT2D eigenvalue weighted by Crippen LogP contribution is 2.33.